The molecule has 1 aromatic rings. The van der Waals surface area contributed by atoms with Crippen molar-refractivity contribution >= 4 is 45.5 Å². The van der Waals surface area contributed by atoms with Crippen molar-refractivity contribution in [3.63, 3.8) is 0 Å². The standard InChI is InChI=1S/C41H62N6O9S/c1-40(2,3)33(25-45(5)57(6,54)55)43-38(52)44-35(41(4)17-10-7-11-18-41)37(51)47-24-30(56-39(53)46-19-16-27-12-8-9-13-28(27)23-46)22-31(47)32(48)21-29(20-26-14-15-26)34(49)36(42)50/h8-9,12-13,26,29-31,33,35H,7,10-11,14-25H2,1-6H3,(H2,42,50)(H2,43,44,52)/t29?,30-,31+,33-,35-/m1/s1. The van der Waals surface area contributed by atoms with E-state index in [9.17, 15) is 32.4 Å². The molecule has 1 aromatic carbocycles. The minimum absolute atomic E-state index is 0.00394. The van der Waals surface area contributed by atoms with Gasteiger partial charge in [0.05, 0.1) is 18.8 Å². The normalized spacial score (nSPS) is 22.5. The number of carbonyl (C=O) groups is 6. The van der Waals surface area contributed by atoms with Crippen LogP contribution < -0.4 is 16.4 Å². The Bertz CT molecular complexity index is 1800. The number of ketones is 2. The highest BCUT2D eigenvalue weighted by molar-refractivity contribution is 7.88. The van der Waals surface area contributed by atoms with Crippen LogP contribution in [0.2, 0.25) is 0 Å². The molecule has 2 saturated carbocycles. The predicted octanol–water partition coefficient (Wildman–Crippen LogP) is 3.53. The van der Waals surface area contributed by atoms with Crippen LogP contribution in [0.15, 0.2) is 24.3 Å². The summed E-state index contributed by atoms with van der Waals surface area (Å²) >= 11 is 0. The molecule has 5 amide bonds. The number of amides is 5. The molecule has 316 valence electrons. The Morgan fingerprint density at radius 3 is 2.26 bits per heavy atom. The van der Waals surface area contributed by atoms with Gasteiger partial charge in [0.1, 0.15) is 12.1 Å². The van der Waals surface area contributed by atoms with E-state index in [2.05, 4.69) is 10.6 Å². The number of benzene rings is 1. The Hall–Kier alpha value is -4.05. The van der Waals surface area contributed by atoms with Gasteiger partial charge in [-0.2, -0.15) is 0 Å². The van der Waals surface area contributed by atoms with E-state index in [1.54, 1.807) is 4.90 Å². The zero-order valence-corrected chi connectivity index (χ0v) is 35.2. The Morgan fingerprint density at radius 2 is 1.67 bits per heavy atom. The molecule has 57 heavy (non-hydrogen) atoms. The van der Waals surface area contributed by atoms with Crippen LogP contribution in [0.25, 0.3) is 0 Å². The lowest BCUT2D eigenvalue weighted by Gasteiger charge is -2.43. The molecule has 2 aliphatic heterocycles. The van der Waals surface area contributed by atoms with Gasteiger partial charge < -0.3 is 30.9 Å². The topological polar surface area (TPSA) is 206 Å². The molecule has 1 saturated heterocycles. The lowest BCUT2D eigenvalue weighted by Crippen LogP contribution is -2.62. The highest BCUT2D eigenvalue weighted by atomic mass is 32.2. The van der Waals surface area contributed by atoms with E-state index in [4.69, 9.17) is 10.5 Å². The lowest BCUT2D eigenvalue weighted by atomic mass is 9.70. The molecule has 4 aliphatic rings. The van der Waals surface area contributed by atoms with E-state index >= 15 is 4.79 Å². The van der Waals surface area contributed by atoms with Crippen molar-refractivity contribution in [2.75, 3.05) is 32.9 Å². The van der Waals surface area contributed by atoms with Crippen molar-refractivity contribution in [2.24, 2.45) is 28.4 Å². The van der Waals surface area contributed by atoms with E-state index in [-0.39, 0.29) is 31.8 Å². The van der Waals surface area contributed by atoms with E-state index in [1.807, 2.05) is 52.0 Å². The zero-order valence-electron chi connectivity index (χ0n) is 34.4. The zero-order chi connectivity index (χ0) is 41.9. The van der Waals surface area contributed by atoms with E-state index in [0.717, 1.165) is 53.8 Å². The number of nitrogens with two attached hydrogens (primary N) is 1. The first kappa shape index (κ1) is 44.1. The summed E-state index contributed by atoms with van der Waals surface area (Å²) in [4.78, 5) is 84.8. The summed E-state index contributed by atoms with van der Waals surface area (Å²) in [5.41, 5.74) is 6.31. The first-order chi connectivity index (χ1) is 26.7. The second-order valence-corrected chi connectivity index (χ2v) is 20.3. The molecule has 15 nitrogen and oxygen atoms in total. The third-order valence-electron chi connectivity index (χ3n) is 12.5. The van der Waals surface area contributed by atoms with Gasteiger partial charge in [-0.1, -0.05) is 84.1 Å². The van der Waals surface area contributed by atoms with Crippen molar-refractivity contribution in [2.45, 2.75) is 129 Å². The predicted molar refractivity (Wildman–Crippen MR) is 213 cm³/mol. The molecule has 0 aromatic heterocycles. The Kier molecular flexibility index (Phi) is 13.8. The molecule has 0 radical (unpaired) electrons. The molecule has 3 fully saturated rings. The van der Waals surface area contributed by atoms with Gasteiger partial charge in [0.2, 0.25) is 21.7 Å². The number of likely N-dealkylation sites (tertiary alicyclic amines) is 1. The Morgan fingerprint density at radius 1 is 1.02 bits per heavy atom. The van der Waals surface area contributed by atoms with Gasteiger partial charge in [0.25, 0.3) is 5.91 Å². The number of Topliss-reactive ketones (excluding diaryl/α,β-unsaturated/α-hetero) is 2. The Labute approximate surface area is 337 Å². The second-order valence-electron chi connectivity index (χ2n) is 18.2. The van der Waals surface area contributed by atoms with Gasteiger partial charge in [-0.3, -0.25) is 19.2 Å². The molecular formula is C41H62N6O9S. The molecular weight excluding hydrogens is 753 g/mol. The molecule has 2 aliphatic carbocycles. The maximum atomic E-state index is 15.0. The fraction of sp³-hybridized carbons (Fsp3) is 0.707. The van der Waals surface area contributed by atoms with Gasteiger partial charge >= 0.3 is 12.1 Å². The number of fused-ring (bicyclic) bond motifs is 1. The van der Waals surface area contributed by atoms with Gasteiger partial charge in [-0.15, -0.1) is 0 Å². The molecule has 1 unspecified atom stereocenters. The van der Waals surface area contributed by atoms with Crippen LogP contribution in [0.4, 0.5) is 9.59 Å². The van der Waals surface area contributed by atoms with Gasteiger partial charge in [0.15, 0.2) is 5.78 Å². The van der Waals surface area contributed by atoms with Crippen molar-refractivity contribution in [3.05, 3.63) is 35.4 Å². The summed E-state index contributed by atoms with van der Waals surface area (Å²) < 4.78 is 31.8. The van der Waals surface area contributed by atoms with E-state index in [0.29, 0.717) is 38.8 Å². The minimum Gasteiger partial charge on any atom is -0.444 e. The fourth-order valence-corrected chi connectivity index (χ4v) is 8.95. The monoisotopic (exact) mass is 814 g/mol. The molecule has 4 N–H and O–H groups in total. The number of ether oxygens (including phenoxy) is 1. The average Bonchev–Trinajstić information content (AvgIpc) is 3.87. The Balaban J connectivity index is 1.41. The smallest absolute Gasteiger partial charge is 0.410 e. The first-order valence-corrected chi connectivity index (χ1v) is 22.2. The number of likely N-dealkylation sites (N-methyl/N-ethyl adjacent to an activating group) is 1. The fourth-order valence-electron chi connectivity index (χ4n) is 8.53. The number of hydrogen-bond donors (Lipinski definition) is 3. The third-order valence-corrected chi connectivity index (χ3v) is 13.8. The van der Waals surface area contributed by atoms with Crippen molar-refractivity contribution in [1.82, 2.24) is 24.7 Å². The summed E-state index contributed by atoms with van der Waals surface area (Å²) in [5.74, 6) is -3.60. The number of rotatable bonds is 15. The van der Waals surface area contributed by atoms with E-state index < -0.39 is 86.5 Å². The highest BCUT2D eigenvalue weighted by Gasteiger charge is 2.50. The number of hydrogen-bond acceptors (Lipinski definition) is 9. The minimum atomic E-state index is -3.56. The van der Waals surface area contributed by atoms with Crippen LogP contribution in [-0.4, -0.2) is 115 Å². The summed E-state index contributed by atoms with van der Waals surface area (Å²) in [6.07, 6.45) is 6.01. The molecule has 2 heterocycles. The largest absolute Gasteiger partial charge is 0.444 e. The SMILES string of the molecule is CN(C[C@@H](NC(=O)N[C@H](C(=O)N1C[C@H](OC(=O)N2CCc3ccccc3C2)C[C@H]1C(=O)CC(CC1CC1)C(=O)C(N)=O)C1(C)CCCCC1)C(C)(C)C)S(C)(=O)=O. The van der Waals surface area contributed by atoms with E-state index in [1.165, 1.54) is 11.9 Å². The number of primary amides is 1. The van der Waals surface area contributed by atoms with Gasteiger partial charge in [-0.25, -0.2) is 22.3 Å². The van der Waals surface area contributed by atoms with Crippen LogP contribution in [0.5, 0.6) is 0 Å². The quantitative estimate of drug-likeness (QED) is 0.221. The molecule has 5 atom stereocenters. The molecule has 0 spiro atoms. The lowest BCUT2D eigenvalue weighted by molar-refractivity contribution is -0.144. The first-order valence-electron chi connectivity index (χ1n) is 20.3. The van der Waals surface area contributed by atoms with Crippen molar-refractivity contribution in [3.8, 4) is 0 Å². The average molecular weight is 815 g/mol. The number of urea groups is 1. The maximum Gasteiger partial charge on any atom is 0.410 e. The van der Waals surface area contributed by atoms with Crippen LogP contribution in [-0.2, 0) is 46.9 Å². The highest BCUT2D eigenvalue weighted by Crippen LogP contribution is 2.41. The van der Waals surface area contributed by atoms with Gasteiger partial charge in [0, 0.05) is 51.5 Å². The number of sulfonamides is 1. The molecule has 5 rings (SSSR count). The summed E-state index contributed by atoms with van der Waals surface area (Å²) in [6.45, 7) is 8.28. The van der Waals surface area contributed by atoms with Crippen LogP contribution in [0.3, 0.4) is 0 Å². The van der Waals surface area contributed by atoms with Crippen LogP contribution in [0, 0.1) is 22.7 Å². The van der Waals surface area contributed by atoms with Crippen molar-refractivity contribution in [1.29, 1.82) is 0 Å². The molecule has 16 heteroatoms. The summed E-state index contributed by atoms with van der Waals surface area (Å²) in [6, 6.07) is 4.39. The number of nitrogens with one attached hydrogen (secondary N) is 2. The number of carbonyl (C=O) groups excluding carboxylic acids is 6. The third kappa shape index (κ3) is 11.3. The number of nitrogens with zero attached hydrogens (tertiary/aromatic N) is 3. The van der Waals surface area contributed by atoms with Gasteiger partial charge in [-0.05, 0) is 53.6 Å². The second kappa shape index (κ2) is 17.8. The maximum absolute atomic E-state index is 15.0. The van der Waals surface area contributed by atoms with Crippen LogP contribution in [0.1, 0.15) is 103 Å². The molecule has 0 bridgehead atoms. The summed E-state index contributed by atoms with van der Waals surface area (Å²) in [7, 11) is -2.12. The summed E-state index contributed by atoms with van der Waals surface area (Å²) in [5, 5.41) is 5.88. The van der Waals surface area contributed by atoms with Crippen LogP contribution >= 0.6 is 0 Å². The van der Waals surface area contributed by atoms with Crippen molar-refractivity contribution < 1.29 is 41.9 Å².